The van der Waals surface area contributed by atoms with Gasteiger partial charge in [0.25, 0.3) is 0 Å². The number of carbonyl (C=O) groups is 1. The van der Waals surface area contributed by atoms with E-state index in [-0.39, 0.29) is 5.41 Å². The standard InChI is InChI=1S/C13H24N2O3/c1-11(2,3)13(12(18)8-14-9-12)6-4-5-7-15(13)10(16)17/h14,18H,4-9H2,1-3H3,(H,16,17)/t13-/m0/s1. The van der Waals surface area contributed by atoms with Crippen molar-refractivity contribution in [2.75, 3.05) is 19.6 Å². The Labute approximate surface area is 108 Å². The molecule has 1 atom stereocenters. The van der Waals surface area contributed by atoms with Crippen LogP contribution in [0.2, 0.25) is 0 Å². The van der Waals surface area contributed by atoms with Crippen LogP contribution < -0.4 is 5.32 Å². The molecule has 2 heterocycles. The Balaban J connectivity index is 2.49. The predicted octanol–water partition coefficient (Wildman–Crippen LogP) is 1.27. The van der Waals surface area contributed by atoms with E-state index in [0.29, 0.717) is 19.6 Å². The average molecular weight is 256 g/mol. The molecule has 0 aliphatic carbocycles. The maximum absolute atomic E-state index is 11.6. The molecule has 104 valence electrons. The van der Waals surface area contributed by atoms with E-state index in [1.165, 1.54) is 4.90 Å². The van der Waals surface area contributed by atoms with E-state index >= 15 is 0 Å². The van der Waals surface area contributed by atoms with E-state index < -0.39 is 17.2 Å². The Morgan fingerprint density at radius 3 is 2.28 bits per heavy atom. The van der Waals surface area contributed by atoms with Crippen LogP contribution in [0.5, 0.6) is 0 Å². The maximum atomic E-state index is 11.6. The highest BCUT2D eigenvalue weighted by Crippen LogP contribution is 2.50. The fourth-order valence-corrected chi connectivity index (χ4v) is 3.85. The summed E-state index contributed by atoms with van der Waals surface area (Å²) in [5.41, 5.74) is -1.91. The summed E-state index contributed by atoms with van der Waals surface area (Å²) >= 11 is 0. The molecule has 5 heteroatoms. The minimum Gasteiger partial charge on any atom is -0.465 e. The van der Waals surface area contributed by atoms with Crippen molar-refractivity contribution in [2.45, 2.75) is 51.2 Å². The van der Waals surface area contributed by atoms with E-state index in [2.05, 4.69) is 5.32 Å². The number of rotatable bonds is 1. The zero-order valence-electron chi connectivity index (χ0n) is 11.5. The van der Waals surface area contributed by atoms with Crippen LogP contribution in [0.25, 0.3) is 0 Å². The zero-order valence-corrected chi connectivity index (χ0v) is 11.5. The minimum atomic E-state index is -0.940. The first-order valence-corrected chi connectivity index (χ1v) is 6.68. The third kappa shape index (κ3) is 1.64. The Hall–Kier alpha value is -0.810. The molecule has 2 saturated heterocycles. The molecule has 0 aromatic rings. The van der Waals surface area contributed by atoms with Crippen molar-refractivity contribution < 1.29 is 15.0 Å². The molecule has 2 aliphatic heterocycles. The average Bonchev–Trinajstić information content (AvgIpc) is 2.24. The molecular weight excluding hydrogens is 232 g/mol. The van der Waals surface area contributed by atoms with Gasteiger partial charge in [-0.1, -0.05) is 20.8 Å². The highest BCUT2D eigenvalue weighted by Gasteiger charge is 2.64. The molecule has 2 fully saturated rings. The fraction of sp³-hybridized carbons (Fsp3) is 0.923. The van der Waals surface area contributed by atoms with E-state index in [1.54, 1.807) is 0 Å². The molecule has 0 aromatic carbocycles. The quantitative estimate of drug-likeness (QED) is 0.660. The van der Waals surface area contributed by atoms with Gasteiger partial charge in [-0.05, 0) is 24.7 Å². The normalized spacial score (nSPS) is 31.9. The van der Waals surface area contributed by atoms with Crippen molar-refractivity contribution in [3.63, 3.8) is 0 Å². The van der Waals surface area contributed by atoms with Crippen LogP contribution >= 0.6 is 0 Å². The van der Waals surface area contributed by atoms with Crippen LogP contribution in [-0.2, 0) is 0 Å². The first-order valence-electron chi connectivity index (χ1n) is 6.68. The number of likely N-dealkylation sites (tertiary alicyclic amines) is 1. The lowest BCUT2D eigenvalue weighted by molar-refractivity contribution is -0.189. The van der Waals surface area contributed by atoms with Gasteiger partial charge in [0.2, 0.25) is 0 Å². The monoisotopic (exact) mass is 256 g/mol. The first kappa shape index (κ1) is 13.6. The lowest BCUT2D eigenvalue weighted by atomic mass is 9.57. The largest absolute Gasteiger partial charge is 0.465 e. The van der Waals surface area contributed by atoms with Crippen LogP contribution in [0.1, 0.15) is 40.0 Å². The Morgan fingerprint density at radius 2 is 1.89 bits per heavy atom. The number of nitrogens with zero attached hydrogens (tertiary/aromatic N) is 1. The SMILES string of the molecule is CC(C)(C)[C@]1(C2(O)CNC2)CCCCN1C(=O)O. The number of nitrogens with one attached hydrogen (secondary N) is 1. The number of hydrogen-bond donors (Lipinski definition) is 3. The third-order valence-electron chi connectivity index (χ3n) is 4.71. The van der Waals surface area contributed by atoms with Gasteiger partial charge >= 0.3 is 6.09 Å². The van der Waals surface area contributed by atoms with Gasteiger partial charge in [-0.15, -0.1) is 0 Å². The zero-order chi connectivity index (χ0) is 13.6. The molecule has 2 rings (SSSR count). The van der Waals surface area contributed by atoms with Crippen molar-refractivity contribution in [3.8, 4) is 0 Å². The summed E-state index contributed by atoms with van der Waals surface area (Å²) in [5, 5.41) is 23.5. The summed E-state index contributed by atoms with van der Waals surface area (Å²) in [6.07, 6.45) is 1.68. The predicted molar refractivity (Wildman–Crippen MR) is 68.6 cm³/mol. The summed E-state index contributed by atoms with van der Waals surface area (Å²) in [6.45, 7) is 7.58. The van der Waals surface area contributed by atoms with E-state index in [4.69, 9.17) is 0 Å². The van der Waals surface area contributed by atoms with Crippen LogP contribution in [0.4, 0.5) is 4.79 Å². The Kier molecular flexibility index (Phi) is 3.10. The van der Waals surface area contributed by atoms with Gasteiger partial charge in [0.15, 0.2) is 0 Å². The van der Waals surface area contributed by atoms with Crippen molar-refractivity contribution in [1.29, 1.82) is 0 Å². The molecule has 0 spiro atoms. The number of amides is 1. The molecule has 3 N–H and O–H groups in total. The van der Waals surface area contributed by atoms with Gasteiger partial charge < -0.3 is 15.5 Å². The van der Waals surface area contributed by atoms with Crippen LogP contribution in [-0.4, -0.2) is 52.0 Å². The number of carboxylic acid groups (broad SMARTS) is 1. The molecule has 0 bridgehead atoms. The summed E-state index contributed by atoms with van der Waals surface area (Å²) in [7, 11) is 0. The first-order chi connectivity index (χ1) is 8.25. The van der Waals surface area contributed by atoms with Crippen molar-refractivity contribution in [3.05, 3.63) is 0 Å². The van der Waals surface area contributed by atoms with E-state index in [1.807, 2.05) is 20.8 Å². The highest BCUT2D eigenvalue weighted by molar-refractivity contribution is 5.67. The Morgan fingerprint density at radius 1 is 1.28 bits per heavy atom. The van der Waals surface area contributed by atoms with Crippen molar-refractivity contribution in [2.24, 2.45) is 5.41 Å². The van der Waals surface area contributed by atoms with Crippen LogP contribution in [0.3, 0.4) is 0 Å². The maximum Gasteiger partial charge on any atom is 0.407 e. The number of piperidine rings is 1. The fourth-order valence-electron chi connectivity index (χ4n) is 3.85. The van der Waals surface area contributed by atoms with E-state index in [0.717, 1.165) is 19.3 Å². The highest BCUT2D eigenvalue weighted by atomic mass is 16.4. The molecule has 0 saturated carbocycles. The molecule has 2 aliphatic rings. The summed E-state index contributed by atoms with van der Waals surface area (Å²) < 4.78 is 0. The van der Waals surface area contributed by atoms with Gasteiger partial charge in [-0.2, -0.15) is 0 Å². The smallest absolute Gasteiger partial charge is 0.407 e. The van der Waals surface area contributed by atoms with Gasteiger partial charge in [-0.25, -0.2) is 4.79 Å². The summed E-state index contributed by atoms with van der Waals surface area (Å²) in [5.74, 6) is 0. The lowest BCUT2D eigenvalue weighted by Crippen LogP contribution is -2.81. The molecule has 18 heavy (non-hydrogen) atoms. The van der Waals surface area contributed by atoms with Crippen molar-refractivity contribution in [1.82, 2.24) is 10.2 Å². The molecular formula is C13H24N2O3. The van der Waals surface area contributed by atoms with Gasteiger partial charge in [0.1, 0.15) is 5.60 Å². The van der Waals surface area contributed by atoms with E-state index in [9.17, 15) is 15.0 Å². The topological polar surface area (TPSA) is 72.8 Å². The van der Waals surface area contributed by atoms with Crippen LogP contribution in [0, 0.1) is 5.41 Å². The molecule has 0 aromatic heterocycles. The molecule has 0 radical (unpaired) electrons. The van der Waals surface area contributed by atoms with Crippen molar-refractivity contribution >= 4 is 6.09 Å². The number of β-amino-alcohol motifs (C(OH)–C–C–N with tert-alkyl or cyclic N) is 1. The second-order valence-electron chi connectivity index (χ2n) is 6.64. The number of hydrogen-bond acceptors (Lipinski definition) is 3. The summed E-state index contributed by atoms with van der Waals surface area (Å²) in [6, 6.07) is 0. The van der Waals surface area contributed by atoms with Gasteiger partial charge in [0, 0.05) is 19.6 Å². The second kappa shape index (κ2) is 4.10. The van der Waals surface area contributed by atoms with Gasteiger partial charge in [-0.3, -0.25) is 4.90 Å². The number of aliphatic hydroxyl groups is 1. The lowest BCUT2D eigenvalue weighted by Gasteiger charge is -2.64. The second-order valence-corrected chi connectivity index (χ2v) is 6.64. The molecule has 1 amide bonds. The van der Waals surface area contributed by atoms with Crippen LogP contribution in [0.15, 0.2) is 0 Å². The third-order valence-corrected chi connectivity index (χ3v) is 4.71. The summed E-state index contributed by atoms with van der Waals surface area (Å²) in [4.78, 5) is 13.1. The Bertz CT molecular complexity index is 347. The molecule has 5 nitrogen and oxygen atoms in total. The van der Waals surface area contributed by atoms with Gasteiger partial charge in [0.05, 0.1) is 5.54 Å². The molecule has 0 unspecified atom stereocenters. The minimum absolute atomic E-state index is 0.289.